The van der Waals surface area contributed by atoms with Crippen molar-refractivity contribution in [2.45, 2.75) is 70.4 Å². The van der Waals surface area contributed by atoms with Crippen LogP contribution in [0.5, 0.6) is 0 Å². The minimum Gasteiger partial charge on any atom is -0.352 e. The van der Waals surface area contributed by atoms with Gasteiger partial charge in [-0.1, -0.05) is 32.1 Å². The number of hydrogen-bond acceptors (Lipinski definition) is 3. The Morgan fingerprint density at radius 3 is 2.57 bits per heavy atom. The number of piperidine rings is 1. The van der Waals surface area contributed by atoms with Gasteiger partial charge in [0.05, 0.1) is 6.04 Å². The van der Waals surface area contributed by atoms with Crippen LogP contribution >= 0.6 is 0 Å². The molecule has 0 spiro atoms. The van der Waals surface area contributed by atoms with E-state index in [0.717, 1.165) is 25.8 Å². The summed E-state index contributed by atoms with van der Waals surface area (Å²) in [7, 11) is 0. The van der Waals surface area contributed by atoms with Crippen molar-refractivity contribution < 1.29 is 9.59 Å². The van der Waals surface area contributed by atoms with Gasteiger partial charge < -0.3 is 16.0 Å². The fourth-order valence-corrected chi connectivity index (χ4v) is 3.70. The van der Waals surface area contributed by atoms with Gasteiger partial charge in [0, 0.05) is 26.1 Å². The normalized spacial score (nSPS) is 25.4. The van der Waals surface area contributed by atoms with Crippen molar-refractivity contribution in [3.05, 3.63) is 0 Å². The van der Waals surface area contributed by atoms with Gasteiger partial charge in [-0.15, -0.1) is 0 Å². The number of carbonyl (C=O) groups is 2. The number of amides is 2. The summed E-state index contributed by atoms with van der Waals surface area (Å²) in [5.41, 5.74) is 6.15. The summed E-state index contributed by atoms with van der Waals surface area (Å²) < 4.78 is 0. The van der Waals surface area contributed by atoms with Gasteiger partial charge in [0.15, 0.2) is 0 Å². The fourth-order valence-electron chi connectivity index (χ4n) is 3.70. The van der Waals surface area contributed by atoms with Crippen LogP contribution in [0.25, 0.3) is 0 Å². The SMILES string of the molecule is CC(=O)NC1CCCN(C(=O)C(N)CC2CCCCC2)C1. The number of likely N-dealkylation sites (tertiary alicyclic amines) is 1. The smallest absolute Gasteiger partial charge is 0.239 e. The second-order valence-electron chi connectivity index (χ2n) is 6.67. The molecular formula is C16H29N3O2. The number of nitrogens with two attached hydrogens (primary N) is 1. The number of nitrogens with one attached hydrogen (secondary N) is 1. The second kappa shape index (κ2) is 7.78. The van der Waals surface area contributed by atoms with Gasteiger partial charge in [-0.25, -0.2) is 0 Å². The Labute approximate surface area is 127 Å². The van der Waals surface area contributed by atoms with Crippen LogP contribution in [0.4, 0.5) is 0 Å². The molecule has 0 radical (unpaired) electrons. The highest BCUT2D eigenvalue weighted by atomic mass is 16.2. The number of carbonyl (C=O) groups excluding carboxylic acids is 2. The van der Waals surface area contributed by atoms with Crippen LogP contribution in [0.15, 0.2) is 0 Å². The minimum atomic E-state index is -0.371. The monoisotopic (exact) mass is 295 g/mol. The summed E-state index contributed by atoms with van der Waals surface area (Å²) in [6, 6.07) is -0.286. The molecule has 2 unspecified atom stereocenters. The molecule has 3 N–H and O–H groups in total. The van der Waals surface area contributed by atoms with Crippen LogP contribution in [0, 0.1) is 5.92 Å². The first-order valence-corrected chi connectivity index (χ1v) is 8.37. The summed E-state index contributed by atoms with van der Waals surface area (Å²) in [6.07, 6.45) is 9.02. The van der Waals surface area contributed by atoms with Gasteiger partial charge in [0.2, 0.25) is 11.8 Å². The molecule has 0 bridgehead atoms. The molecule has 0 aromatic rings. The lowest BCUT2D eigenvalue weighted by molar-refractivity contribution is -0.135. The Morgan fingerprint density at radius 2 is 1.90 bits per heavy atom. The van der Waals surface area contributed by atoms with Crippen LogP contribution in [0.3, 0.4) is 0 Å². The molecule has 120 valence electrons. The quantitative estimate of drug-likeness (QED) is 0.823. The number of nitrogens with zero attached hydrogens (tertiary/aromatic N) is 1. The predicted octanol–water partition coefficient (Wildman–Crippen LogP) is 1.41. The van der Waals surface area contributed by atoms with Crippen molar-refractivity contribution in [2.75, 3.05) is 13.1 Å². The maximum Gasteiger partial charge on any atom is 0.239 e. The molecular weight excluding hydrogens is 266 g/mol. The van der Waals surface area contributed by atoms with Gasteiger partial charge in [-0.05, 0) is 25.2 Å². The van der Waals surface area contributed by atoms with Gasteiger partial charge in [-0.3, -0.25) is 9.59 Å². The zero-order chi connectivity index (χ0) is 15.2. The second-order valence-corrected chi connectivity index (χ2v) is 6.67. The lowest BCUT2D eigenvalue weighted by Crippen LogP contribution is -2.53. The molecule has 0 aromatic heterocycles. The molecule has 2 amide bonds. The molecule has 2 rings (SSSR count). The molecule has 2 atom stereocenters. The molecule has 1 aliphatic heterocycles. The Hall–Kier alpha value is -1.10. The van der Waals surface area contributed by atoms with E-state index in [1.54, 1.807) is 0 Å². The van der Waals surface area contributed by atoms with E-state index in [0.29, 0.717) is 12.5 Å². The molecule has 1 saturated carbocycles. The lowest BCUT2D eigenvalue weighted by Gasteiger charge is -2.35. The summed E-state index contributed by atoms with van der Waals surface area (Å²) in [6.45, 7) is 2.90. The number of rotatable bonds is 4. The van der Waals surface area contributed by atoms with Crippen LogP contribution < -0.4 is 11.1 Å². The van der Waals surface area contributed by atoms with E-state index in [-0.39, 0.29) is 23.9 Å². The molecule has 2 fully saturated rings. The topological polar surface area (TPSA) is 75.4 Å². The van der Waals surface area contributed by atoms with Crippen LogP contribution in [-0.4, -0.2) is 41.9 Å². The van der Waals surface area contributed by atoms with Crippen molar-refractivity contribution in [1.29, 1.82) is 0 Å². The maximum absolute atomic E-state index is 12.5. The zero-order valence-electron chi connectivity index (χ0n) is 13.1. The van der Waals surface area contributed by atoms with Gasteiger partial charge in [0.1, 0.15) is 0 Å². The highest BCUT2D eigenvalue weighted by Crippen LogP contribution is 2.27. The Kier molecular flexibility index (Phi) is 6.03. The summed E-state index contributed by atoms with van der Waals surface area (Å²) >= 11 is 0. The van der Waals surface area contributed by atoms with E-state index in [9.17, 15) is 9.59 Å². The molecule has 21 heavy (non-hydrogen) atoms. The van der Waals surface area contributed by atoms with Gasteiger partial charge in [-0.2, -0.15) is 0 Å². The standard InChI is InChI=1S/C16H29N3O2/c1-12(20)18-14-8-5-9-19(11-14)16(21)15(17)10-13-6-3-2-4-7-13/h13-15H,2-11,17H2,1H3,(H,18,20). The first-order valence-electron chi connectivity index (χ1n) is 8.37. The minimum absolute atomic E-state index is 0.0270. The summed E-state index contributed by atoms with van der Waals surface area (Å²) in [4.78, 5) is 25.5. The third kappa shape index (κ3) is 4.99. The van der Waals surface area contributed by atoms with Crippen molar-refractivity contribution in [2.24, 2.45) is 11.7 Å². The van der Waals surface area contributed by atoms with Gasteiger partial charge >= 0.3 is 0 Å². The molecule has 2 aliphatic rings. The van der Waals surface area contributed by atoms with E-state index in [1.165, 1.54) is 39.0 Å². The fraction of sp³-hybridized carbons (Fsp3) is 0.875. The predicted molar refractivity (Wildman–Crippen MR) is 82.6 cm³/mol. The first kappa shape index (κ1) is 16.3. The van der Waals surface area contributed by atoms with E-state index < -0.39 is 0 Å². The van der Waals surface area contributed by atoms with Crippen LogP contribution in [0.2, 0.25) is 0 Å². The lowest BCUT2D eigenvalue weighted by atomic mass is 9.84. The zero-order valence-corrected chi connectivity index (χ0v) is 13.1. The van der Waals surface area contributed by atoms with Crippen molar-refractivity contribution >= 4 is 11.8 Å². The van der Waals surface area contributed by atoms with Crippen LogP contribution in [-0.2, 0) is 9.59 Å². The Bertz CT molecular complexity index is 367. The van der Waals surface area contributed by atoms with Crippen molar-refractivity contribution in [3.8, 4) is 0 Å². The van der Waals surface area contributed by atoms with Crippen LogP contribution in [0.1, 0.15) is 58.3 Å². The average molecular weight is 295 g/mol. The molecule has 1 heterocycles. The molecule has 0 aromatic carbocycles. The summed E-state index contributed by atoms with van der Waals surface area (Å²) in [5, 5.41) is 2.91. The average Bonchev–Trinajstić information content (AvgIpc) is 2.47. The van der Waals surface area contributed by atoms with Crippen molar-refractivity contribution in [1.82, 2.24) is 10.2 Å². The maximum atomic E-state index is 12.5. The highest BCUT2D eigenvalue weighted by Gasteiger charge is 2.29. The Morgan fingerprint density at radius 1 is 1.19 bits per heavy atom. The molecule has 1 saturated heterocycles. The van der Waals surface area contributed by atoms with E-state index in [2.05, 4.69) is 5.32 Å². The Balaban J connectivity index is 1.81. The molecule has 1 aliphatic carbocycles. The van der Waals surface area contributed by atoms with E-state index in [4.69, 9.17) is 5.73 Å². The van der Waals surface area contributed by atoms with E-state index in [1.807, 2.05) is 4.90 Å². The molecule has 5 nitrogen and oxygen atoms in total. The third-order valence-corrected chi connectivity index (χ3v) is 4.77. The van der Waals surface area contributed by atoms with Gasteiger partial charge in [0.25, 0.3) is 0 Å². The third-order valence-electron chi connectivity index (χ3n) is 4.77. The number of hydrogen-bond donors (Lipinski definition) is 2. The van der Waals surface area contributed by atoms with E-state index >= 15 is 0 Å². The largest absolute Gasteiger partial charge is 0.352 e. The first-order chi connectivity index (χ1) is 10.1. The molecule has 5 heteroatoms. The van der Waals surface area contributed by atoms with Crippen molar-refractivity contribution in [3.63, 3.8) is 0 Å². The highest BCUT2D eigenvalue weighted by molar-refractivity contribution is 5.82. The summed E-state index contributed by atoms with van der Waals surface area (Å²) in [5.74, 6) is 0.657.